The molecule has 96 valence electrons. The van der Waals surface area contributed by atoms with E-state index in [2.05, 4.69) is 31.3 Å². The molecule has 1 unspecified atom stereocenters. The molecule has 1 aromatic carbocycles. The first-order valence-corrected chi connectivity index (χ1v) is 6.23. The fourth-order valence-electron chi connectivity index (χ4n) is 1.44. The SMILES string of the molecule is CCOCCNC(C)COc1ccc(C)cc1. The van der Waals surface area contributed by atoms with Crippen LogP contribution in [0.3, 0.4) is 0 Å². The van der Waals surface area contributed by atoms with Gasteiger partial charge in [-0.3, -0.25) is 0 Å². The minimum Gasteiger partial charge on any atom is -0.492 e. The van der Waals surface area contributed by atoms with Crippen LogP contribution in [0.2, 0.25) is 0 Å². The van der Waals surface area contributed by atoms with E-state index in [1.54, 1.807) is 0 Å². The van der Waals surface area contributed by atoms with Crippen LogP contribution in [0.15, 0.2) is 24.3 Å². The molecule has 0 aromatic heterocycles. The zero-order chi connectivity index (χ0) is 12.5. The maximum absolute atomic E-state index is 5.68. The van der Waals surface area contributed by atoms with Crippen molar-refractivity contribution < 1.29 is 9.47 Å². The van der Waals surface area contributed by atoms with Gasteiger partial charge in [0.05, 0.1) is 6.61 Å². The van der Waals surface area contributed by atoms with Crippen molar-refractivity contribution in [3.8, 4) is 5.75 Å². The smallest absolute Gasteiger partial charge is 0.119 e. The standard InChI is InChI=1S/C14H23NO2/c1-4-16-10-9-15-13(3)11-17-14-7-5-12(2)6-8-14/h5-8,13,15H,4,9-11H2,1-3H3. The Balaban J connectivity index is 2.14. The van der Waals surface area contributed by atoms with Gasteiger partial charge in [0.25, 0.3) is 0 Å². The van der Waals surface area contributed by atoms with E-state index in [9.17, 15) is 0 Å². The molecule has 0 aliphatic rings. The summed E-state index contributed by atoms with van der Waals surface area (Å²) in [6, 6.07) is 8.45. The third-order valence-corrected chi connectivity index (χ3v) is 2.46. The Morgan fingerprint density at radius 2 is 1.94 bits per heavy atom. The molecule has 0 bridgehead atoms. The van der Waals surface area contributed by atoms with Crippen LogP contribution in [0.5, 0.6) is 5.75 Å². The summed E-state index contributed by atoms with van der Waals surface area (Å²) in [5.74, 6) is 0.925. The van der Waals surface area contributed by atoms with Gasteiger partial charge in [-0.25, -0.2) is 0 Å². The minimum absolute atomic E-state index is 0.330. The summed E-state index contributed by atoms with van der Waals surface area (Å²) in [5.41, 5.74) is 1.25. The van der Waals surface area contributed by atoms with Gasteiger partial charge in [-0.05, 0) is 32.9 Å². The van der Waals surface area contributed by atoms with Crippen molar-refractivity contribution in [1.29, 1.82) is 0 Å². The number of aryl methyl sites for hydroxylation is 1. The summed E-state index contributed by atoms with van der Waals surface area (Å²) < 4.78 is 10.9. The van der Waals surface area contributed by atoms with Gasteiger partial charge < -0.3 is 14.8 Å². The third kappa shape index (κ3) is 6.29. The highest BCUT2D eigenvalue weighted by molar-refractivity contribution is 5.26. The van der Waals surface area contributed by atoms with Gasteiger partial charge in [0.15, 0.2) is 0 Å². The summed E-state index contributed by atoms with van der Waals surface area (Å²) in [4.78, 5) is 0. The van der Waals surface area contributed by atoms with Crippen LogP contribution in [0.1, 0.15) is 19.4 Å². The van der Waals surface area contributed by atoms with Crippen LogP contribution >= 0.6 is 0 Å². The second-order valence-corrected chi connectivity index (χ2v) is 4.18. The van der Waals surface area contributed by atoms with Gasteiger partial charge in [-0.2, -0.15) is 0 Å². The highest BCUT2D eigenvalue weighted by Gasteiger charge is 2.01. The molecule has 0 spiro atoms. The van der Waals surface area contributed by atoms with Gasteiger partial charge in [0.2, 0.25) is 0 Å². The molecular formula is C14H23NO2. The van der Waals surface area contributed by atoms with Crippen molar-refractivity contribution in [1.82, 2.24) is 5.32 Å². The first-order chi connectivity index (χ1) is 8.22. The normalized spacial score (nSPS) is 12.4. The number of benzene rings is 1. The van der Waals surface area contributed by atoms with E-state index in [0.717, 1.165) is 25.5 Å². The van der Waals surface area contributed by atoms with Gasteiger partial charge >= 0.3 is 0 Å². The summed E-state index contributed by atoms with van der Waals surface area (Å²) >= 11 is 0. The lowest BCUT2D eigenvalue weighted by atomic mass is 10.2. The number of hydrogen-bond acceptors (Lipinski definition) is 3. The molecule has 1 atom stereocenters. The Morgan fingerprint density at radius 3 is 2.59 bits per heavy atom. The zero-order valence-corrected chi connectivity index (χ0v) is 11.0. The van der Waals surface area contributed by atoms with Crippen LogP contribution in [-0.4, -0.2) is 32.4 Å². The van der Waals surface area contributed by atoms with Crippen LogP contribution in [0.4, 0.5) is 0 Å². The monoisotopic (exact) mass is 237 g/mol. The first-order valence-electron chi connectivity index (χ1n) is 6.23. The molecule has 17 heavy (non-hydrogen) atoms. The van der Waals surface area contributed by atoms with E-state index in [1.165, 1.54) is 5.56 Å². The summed E-state index contributed by atoms with van der Waals surface area (Å²) in [5, 5.41) is 3.35. The summed E-state index contributed by atoms with van der Waals surface area (Å²) in [6.07, 6.45) is 0. The molecule has 0 saturated carbocycles. The molecule has 0 saturated heterocycles. The number of rotatable bonds is 8. The molecule has 0 aliphatic carbocycles. The van der Waals surface area contributed by atoms with Crippen molar-refractivity contribution in [2.24, 2.45) is 0 Å². The van der Waals surface area contributed by atoms with Crippen molar-refractivity contribution >= 4 is 0 Å². The number of ether oxygens (including phenoxy) is 2. The van der Waals surface area contributed by atoms with Crippen molar-refractivity contribution in [3.05, 3.63) is 29.8 Å². The summed E-state index contributed by atoms with van der Waals surface area (Å²) in [7, 11) is 0. The maximum Gasteiger partial charge on any atom is 0.119 e. The molecule has 0 amide bonds. The summed E-state index contributed by atoms with van der Waals surface area (Å²) in [6.45, 7) is 9.26. The van der Waals surface area contributed by atoms with Crippen LogP contribution in [0, 0.1) is 6.92 Å². The number of hydrogen-bond donors (Lipinski definition) is 1. The van der Waals surface area contributed by atoms with E-state index in [-0.39, 0.29) is 0 Å². The Hall–Kier alpha value is -1.06. The van der Waals surface area contributed by atoms with Crippen molar-refractivity contribution in [3.63, 3.8) is 0 Å². The molecule has 3 heteroatoms. The van der Waals surface area contributed by atoms with Gasteiger partial charge in [0, 0.05) is 19.2 Å². The van der Waals surface area contributed by atoms with Crippen molar-refractivity contribution in [2.45, 2.75) is 26.8 Å². The third-order valence-electron chi connectivity index (χ3n) is 2.46. The Kier molecular flexibility index (Phi) is 6.67. The molecule has 1 rings (SSSR count). The molecule has 0 radical (unpaired) electrons. The van der Waals surface area contributed by atoms with Gasteiger partial charge in [-0.15, -0.1) is 0 Å². The first kappa shape index (κ1) is 14.0. The highest BCUT2D eigenvalue weighted by atomic mass is 16.5. The van der Waals surface area contributed by atoms with Gasteiger partial charge in [0.1, 0.15) is 12.4 Å². The molecule has 1 N–H and O–H groups in total. The van der Waals surface area contributed by atoms with Crippen molar-refractivity contribution in [2.75, 3.05) is 26.4 Å². The predicted octanol–water partition coefficient (Wildman–Crippen LogP) is 2.39. The van der Waals surface area contributed by atoms with E-state index >= 15 is 0 Å². The maximum atomic E-state index is 5.68. The molecule has 0 heterocycles. The van der Waals surface area contributed by atoms with E-state index in [1.807, 2.05) is 19.1 Å². The fraction of sp³-hybridized carbons (Fsp3) is 0.571. The molecular weight excluding hydrogens is 214 g/mol. The quantitative estimate of drug-likeness (QED) is 0.704. The second-order valence-electron chi connectivity index (χ2n) is 4.18. The number of nitrogens with one attached hydrogen (secondary N) is 1. The predicted molar refractivity (Wildman–Crippen MR) is 70.6 cm³/mol. The van der Waals surface area contributed by atoms with Crippen LogP contribution in [0.25, 0.3) is 0 Å². The molecule has 0 fully saturated rings. The minimum atomic E-state index is 0.330. The highest BCUT2D eigenvalue weighted by Crippen LogP contribution is 2.11. The zero-order valence-electron chi connectivity index (χ0n) is 11.0. The Morgan fingerprint density at radius 1 is 1.24 bits per heavy atom. The topological polar surface area (TPSA) is 30.5 Å². The average molecular weight is 237 g/mol. The average Bonchev–Trinajstić information content (AvgIpc) is 2.34. The lowest BCUT2D eigenvalue weighted by molar-refractivity contribution is 0.144. The Bertz CT molecular complexity index is 298. The van der Waals surface area contributed by atoms with Crippen LogP contribution in [-0.2, 0) is 4.74 Å². The lowest BCUT2D eigenvalue weighted by Gasteiger charge is -2.15. The van der Waals surface area contributed by atoms with E-state index < -0.39 is 0 Å². The van der Waals surface area contributed by atoms with Crippen LogP contribution < -0.4 is 10.1 Å². The lowest BCUT2D eigenvalue weighted by Crippen LogP contribution is -2.34. The molecule has 3 nitrogen and oxygen atoms in total. The fourth-order valence-corrected chi connectivity index (χ4v) is 1.44. The second kappa shape index (κ2) is 8.09. The molecule has 0 aliphatic heterocycles. The largest absolute Gasteiger partial charge is 0.492 e. The molecule has 1 aromatic rings. The Labute approximate surface area is 104 Å². The van der Waals surface area contributed by atoms with Gasteiger partial charge in [-0.1, -0.05) is 17.7 Å². The van der Waals surface area contributed by atoms with E-state index in [0.29, 0.717) is 12.6 Å². The van der Waals surface area contributed by atoms with E-state index in [4.69, 9.17) is 9.47 Å².